The van der Waals surface area contributed by atoms with Crippen molar-refractivity contribution in [3.05, 3.63) is 42.5 Å². The zero-order chi connectivity index (χ0) is 16.1. The Morgan fingerprint density at radius 3 is 2.39 bits per heavy atom. The number of aromatic nitrogens is 2. The number of piperazine rings is 1. The summed E-state index contributed by atoms with van der Waals surface area (Å²) in [6.45, 7) is 2.73. The summed E-state index contributed by atoms with van der Waals surface area (Å²) in [6.07, 6.45) is 0. The zero-order valence-corrected chi connectivity index (χ0v) is 13.3. The van der Waals surface area contributed by atoms with Gasteiger partial charge < -0.3 is 14.5 Å². The number of alkyl halides is 1. The predicted molar refractivity (Wildman–Crippen MR) is 88.1 cm³/mol. The van der Waals surface area contributed by atoms with Gasteiger partial charge in [-0.05, 0) is 18.2 Å². The van der Waals surface area contributed by atoms with Crippen LogP contribution in [-0.2, 0) is 4.79 Å². The summed E-state index contributed by atoms with van der Waals surface area (Å²) in [5, 5.41) is 8.31. The van der Waals surface area contributed by atoms with Gasteiger partial charge in [-0.15, -0.1) is 21.8 Å². The van der Waals surface area contributed by atoms with E-state index >= 15 is 0 Å². The fourth-order valence-corrected chi connectivity index (χ4v) is 2.58. The molecule has 1 fully saturated rings. The molecule has 120 valence electrons. The summed E-state index contributed by atoms with van der Waals surface area (Å²) in [5.74, 6) is 1.97. The standard InChI is InChI=1S/C16H17ClN4O2/c17-12-16(22)21-10-8-20(9-11-21)14-6-7-15(19-18-14)23-13-4-2-1-3-5-13/h1-7H,8-12H2. The highest BCUT2D eigenvalue weighted by atomic mass is 35.5. The minimum absolute atomic E-state index is 0.0241. The van der Waals surface area contributed by atoms with E-state index in [2.05, 4.69) is 15.1 Å². The lowest BCUT2D eigenvalue weighted by Gasteiger charge is -2.34. The maximum atomic E-state index is 11.6. The summed E-state index contributed by atoms with van der Waals surface area (Å²) in [4.78, 5) is 15.4. The topological polar surface area (TPSA) is 58.6 Å². The molecule has 0 spiro atoms. The molecule has 0 saturated carbocycles. The van der Waals surface area contributed by atoms with Crippen molar-refractivity contribution in [2.75, 3.05) is 37.0 Å². The van der Waals surface area contributed by atoms with E-state index in [1.165, 1.54) is 0 Å². The Morgan fingerprint density at radius 1 is 1.04 bits per heavy atom. The van der Waals surface area contributed by atoms with Gasteiger partial charge in [-0.1, -0.05) is 18.2 Å². The molecule has 0 N–H and O–H groups in total. The van der Waals surface area contributed by atoms with Gasteiger partial charge >= 0.3 is 0 Å². The molecule has 7 heteroatoms. The van der Waals surface area contributed by atoms with E-state index < -0.39 is 0 Å². The van der Waals surface area contributed by atoms with Crippen molar-refractivity contribution in [2.45, 2.75) is 0 Å². The largest absolute Gasteiger partial charge is 0.438 e. The Balaban J connectivity index is 1.59. The van der Waals surface area contributed by atoms with Crippen LogP contribution in [0.15, 0.2) is 42.5 Å². The number of para-hydroxylation sites is 1. The Morgan fingerprint density at radius 2 is 1.78 bits per heavy atom. The smallest absolute Gasteiger partial charge is 0.238 e. The molecule has 1 amide bonds. The lowest BCUT2D eigenvalue weighted by molar-refractivity contribution is -0.128. The van der Waals surface area contributed by atoms with Crippen molar-refractivity contribution in [3.8, 4) is 11.6 Å². The lowest BCUT2D eigenvalue weighted by Crippen LogP contribution is -2.49. The summed E-state index contributed by atoms with van der Waals surface area (Å²) in [7, 11) is 0. The maximum absolute atomic E-state index is 11.6. The van der Waals surface area contributed by atoms with Gasteiger partial charge in [0.25, 0.3) is 0 Å². The number of benzene rings is 1. The third kappa shape index (κ3) is 3.90. The van der Waals surface area contributed by atoms with Crippen LogP contribution >= 0.6 is 11.6 Å². The molecule has 0 unspecified atom stereocenters. The Labute approximate surface area is 139 Å². The first kappa shape index (κ1) is 15.6. The molecule has 6 nitrogen and oxygen atoms in total. The third-order valence-electron chi connectivity index (χ3n) is 3.66. The fraction of sp³-hybridized carbons (Fsp3) is 0.312. The number of carbonyl (C=O) groups excluding carboxylic acids is 1. The van der Waals surface area contributed by atoms with Crippen molar-refractivity contribution in [2.24, 2.45) is 0 Å². The molecule has 0 bridgehead atoms. The van der Waals surface area contributed by atoms with E-state index in [0.717, 1.165) is 24.7 Å². The van der Waals surface area contributed by atoms with Crippen LogP contribution in [0.2, 0.25) is 0 Å². The minimum atomic E-state index is -0.0241. The van der Waals surface area contributed by atoms with Gasteiger partial charge in [-0.3, -0.25) is 4.79 Å². The number of anilines is 1. The van der Waals surface area contributed by atoms with Crippen LogP contribution in [0, 0.1) is 0 Å². The van der Waals surface area contributed by atoms with E-state index in [4.69, 9.17) is 16.3 Å². The number of amides is 1. The quantitative estimate of drug-likeness (QED) is 0.803. The van der Waals surface area contributed by atoms with Crippen LogP contribution in [0.1, 0.15) is 0 Å². The van der Waals surface area contributed by atoms with Gasteiger partial charge in [0.1, 0.15) is 11.6 Å². The molecular formula is C16H17ClN4O2. The highest BCUT2D eigenvalue weighted by Gasteiger charge is 2.21. The summed E-state index contributed by atoms with van der Waals surface area (Å²) >= 11 is 5.58. The number of carbonyl (C=O) groups is 1. The summed E-state index contributed by atoms with van der Waals surface area (Å²) in [6, 6.07) is 13.1. The summed E-state index contributed by atoms with van der Waals surface area (Å²) < 4.78 is 5.62. The molecule has 0 radical (unpaired) electrons. The molecule has 2 heterocycles. The normalized spacial score (nSPS) is 14.7. The number of hydrogen-bond acceptors (Lipinski definition) is 5. The molecule has 0 atom stereocenters. The number of ether oxygens (including phenoxy) is 1. The van der Waals surface area contributed by atoms with Gasteiger partial charge in [0, 0.05) is 32.2 Å². The second kappa shape index (κ2) is 7.28. The number of halogens is 1. The molecule has 1 aromatic heterocycles. The Bertz CT molecular complexity index is 643. The van der Waals surface area contributed by atoms with Gasteiger partial charge in [-0.2, -0.15) is 0 Å². The van der Waals surface area contributed by atoms with Crippen molar-refractivity contribution < 1.29 is 9.53 Å². The van der Waals surface area contributed by atoms with Gasteiger partial charge in [0.05, 0.1) is 0 Å². The fourth-order valence-electron chi connectivity index (χ4n) is 2.41. The molecule has 23 heavy (non-hydrogen) atoms. The second-order valence-corrected chi connectivity index (χ2v) is 5.41. The predicted octanol–water partition coefficient (Wildman–Crippen LogP) is 2.16. The van der Waals surface area contributed by atoms with Crippen molar-refractivity contribution >= 4 is 23.3 Å². The molecule has 0 aliphatic carbocycles. The van der Waals surface area contributed by atoms with Crippen LogP contribution in [0.3, 0.4) is 0 Å². The second-order valence-electron chi connectivity index (χ2n) is 5.15. The van der Waals surface area contributed by atoms with Crippen LogP contribution in [-0.4, -0.2) is 53.1 Å². The SMILES string of the molecule is O=C(CCl)N1CCN(c2ccc(Oc3ccccc3)nn2)CC1. The van der Waals surface area contributed by atoms with Crippen LogP contribution in [0.25, 0.3) is 0 Å². The highest BCUT2D eigenvalue weighted by molar-refractivity contribution is 6.27. The molecule has 2 aromatic rings. The molecule has 1 aliphatic heterocycles. The molecular weight excluding hydrogens is 316 g/mol. The van der Waals surface area contributed by atoms with Gasteiger partial charge in [0.2, 0.25) is 11.8 Å². The number of hydrogen-bond donors (Lipinski definition) is 0. The van der Waals surface area contributed by atoms with Gasteiger partial charge in [0.15, 0.2) is 5.82 Å². The van der Waals surface area contributed by atoms with Crippen molar-refractivity contribution in [1.29, 1.82) is 0 Å². The molecule has 1 aromatic carbocycles. The van der Waals surface area contributed by atoms with E-state index in [1.807, 2.05) is 36.4 Å². The van der Waals surface area contributed by atoms with Crippen LogP contribution < -0.4 is 9.64 Å². The number of nitrogens with zero attached hydrogens (tertiary/aromatic N) is 4. The van der Waals surface area contributed by atoms with E-state index in [-0.39, 0.29) is 11.8 Å². The van der Waals surface area contributed by atoms with Crippen LogP contribution in [0.5, 0.6) is 11.6 Å². The minimum Gasteiger partial charge on any atom is -0.438 e. The van der Waals surface area contributed by atoms with E-state index in [9.17, 15) is 4.79 Å². The highest BCUT2D eigenvalue weighted by Crippen LogP contribution is 2.20. The first-order valence-corrected chi connectivity index (χ1v) is 7.95. The average molecular weight is 333 g/mol. The summed E-state index contributed by atoms with van der Waals surface area (Å²) in [5.41, 5.74) is 0. The molecule has 1 saturated heterocycles. The third-order valence-corrected chi connectivity index (χ3v) is 3.89. The van der Waals surface area contributed by atoms with E-state index in [1.54, 1.807) is 11.0 Å². The molecule has 3 rings (SSSR count). The first-order chi connectivity index (χ1) is 11.3. The molecule has 1 aliphatic rings. The number of rotatable bonds is 4. The Hall–Kier alpha value is -2.34. The maximum Gasteiger partial charge on any atom is 0.238 e. The van der Waals surface area contributed by atoms with Gasteiger partial charge in [-0.25, -0.2) is 0 Å². The van der Waals surface area contributed by atoms with Crippen molar-refractivity contribution in [1.82, 2.24) is 15.1 Å². The van der Waals surface area contributed by atoms with Crippen molar-refractivity contribution in [3.63, 3.8) is 0 Å². The average Bonchev–Trinajstić information content (AvgIpc) is 2.63. The zero-order valence-electron chi connectivity index (χ0n) is 12.6. The van der Waals surface area contributed by atoms with E-state index in [0.29, 0.717) is 19.0 Å². The monoisotopic (exact) mass is 332 g/mol. The first-order valence-electron chi connectivity index (χ1n) is 7.41. The van der Waals surface area contributed by atoms with Crippen LogP contribution in [0.4, 0.5) is 5.82 Å². The Kier molecular flexibility index (Phi) is 4.92. The lowest BCUT2D eigenvalue weighted by atomic mass is 10.3.